The smallest absolute Gasteiger partial charge is 0.270 e. The number of carbonyl (C=O) groups excluding carboxylic acids is 2. The number of fused-ring (bicyclic) bond motifs is 1. The molecule has 1 heterocycles. The molecule has 10 heteroatoms. The lowest BCUT2D eigenvalue weighted by atomic mass is 9.97. The summed E-state index contributed by atoms with van der Waals surface area (Å²) in [5.74, 6) is -2.75. The summed E-state index contributed by atoms with van der Waals surface area (Å²) in [5.41, 5.74) is 1.64. The Morgan fingerprint density at radius 1 is 0.914 bits per heavy atom. The summed E-state index contributed by atoms with van der Waals surface area (Å²) in [4.78, 5) is 26.4. The monoisotopic (exact) mass is 601 g/mol. The predicted molar refractivity (Wildman–Crippen MR) is 134 cm³/mol. The van der Waals surface area contributed by atoms with Crippen LogP contribution in [-0.4, -0.2) is 22.9 Å². The standard InChI is InChI=1S/C25H14BrCl3F3NO2/c26-19-9-13(6-8-18(25(30,31)32)15-10-20(27)22(29)21(28)11-15)5-7-14(19)12-33-23(34)16-3-1-2-4-17(16)24(33)35/h1-11,18H,12H2/b8-6+. The number of alkyl halides is 3. The summed E-state index contributed by atoms with van der Waals surface area (Å²) in [5, 5.41) is -0.159. The number of amides is 2. The minimum Gasteiger partial charge on any atom is -0.270 e. The van der Waals surface area contributed by atoms with Crippen molar-refractivity contribution in [3.63, 3.8) is 0 Å². The van der Waals surface area contributed by atoms with Gasteiger partial charge in [-0.15, -0.1) is 0 Å². The number of hydrogen-bond donors (Lipinski definition) is 0. The minimum atomic E-state index is -4.60. The highest BCUT2D eigenvalue weighted by Crippen LogP contribution is 2.41. The first-order valence-electron chi connectivity index (χ1n) is 10.1. The maximum atomic E-state index is 13.8. The molecule has 3 aromatic carbocycles. The molecule has 2 amide bonds. The number of allylic oxidation sites excluding steroid dienone is 1. The molecular formula is C25H14BrCl3F3NO2. The number of halogens is 7. The van der Waals surface area contributed by atoms with Gasteiger partial charge >= 0.3 is 6.18 Å². The van der Waals surface area contributed by atoms with Crippen LogP contribution in [0.25, 0.3) is 6.08 Å². The van der Waals surface area contributed by atoms with Crippen molar-refractivity contribution < 1.29 is 22.8 Å². The van der Waals surface area contributed by atoms with Crippen LogP contribution in [-0.2, 0) is 6.54 Å². The highest BCUT2D eigenvalue weighted by molar-refractivity contribution is 9.10. The summed E-state index contributed by atoms with van der Waals surface area (Å²) < 4.78 is 41.9. The molecule has 0 aromatic heterocycles. The van der Waals surface area contributed by atoms with Gasteiger partial charge in [-0.1, -0.05) is 87.2 Å². The lowest BCUT2D eigenvalue weighted by Gasteiger charge is -2.18. The van der Waals surface area contributed by atoms with Crippen molar-refractivity contribution in [2.75, 3.05) is 0 Å². The molecule has 4 rings (SSSR count). The van der Waals surface area contributed by atoms with Gasteiger partial charge in [0.15, 0.2) is 0 Å². The van der Waals surface area contributed by atoms with Crippen LogP contribution in [0.4, 0.5) is 13.2 Å². The first kappa shape index (κ1) is 25.8. The maximum Gasteiger partial charge on any atom is 0.399 e. The second-order valence-corrected chi connectivity index (χ2v) is 9.82. The highest BCUT2D eigenvalue weighted by Gasteiger charge is 2.39. The van der Waals surface area contributed by atoms with E-state index in [4.69, 9.17) is 34.8 Å². The normalized spacial score (nSPS) is 14.7. The third-order valence-corrected chi connectivity index (χ3v) is 7.42. The molecule has 1 aliphatic rings. The number of rotatable bonds is 5. The Morgan fingerprint density at radius 2 is 1.49 bits per heavy atom. The Kier molecular flexibility index (Phi) is 7.34. The molecule has 1 atom stereocenters. The zero-order valence-corrected chi connectivity index (χ0v) is 21.4. The van der Waals surface area contributed by atoms with Gasteiger partial charge in [0, 0.05) is 4.47 Å². The zero-order valence-electron chi connectivity index (χ0n) is 17.5. The molecule has 3 aromatic rings. The number of benzene rings is 3. The van der Waals surface area contributed by atoms with E-state index >= 15 is 0 Å². The summed E-state index contributed by atoms with van der Waals surface area (Å²) in [7, 11) is 0. The van der Waals surface area contributed by atoms with Crippen molar-refractivity contribution >= 4 is 68.6 Å². The quantitative estimate of drug-likeness (QED) is 0.217. The largest absolute Gasteiger partial charge is 0.399 e. The lowest BCUT2D eigenvalue weighted by Crippen LogP contribution is -2.29. The second-order valence-electron chi connectivity index (χ2n) is 7.77. The van der Waals surface area contributed by atoms with Gasteiger partial charge < -0.3 is 0 Å². The van der Waals surface area contributed by atoms with Crippen LogP contribution in [0.2, 0.25) is 15.1 Å². The van der Waals surface area contributed by atoms with Crippen LogP contribution in [0.15, 0.2) is 65.1 Å². The Balaban J connectivity index is 1.57. The Morgan fingerprint density at radius 3 is 2.00 bits per heavy atom. The van der Waals surface area contributed by atoms with Gasteiger partial charge in [0.1, 0.15) is 0 Å². The fourth-order valence-electron chi connectivity index (χ4n) is 3.72. The minimum absolute atomic E-state index is 0.0143. The van der Waals surface area contributed by atoms with E-state index in [1.165, 1.54) is 6.08 Å². The zero-order chi connectivity index (χ0) is 25.5. The van der Waals surface area contributed by atoms with Gasteiger partial charge in [-0.25, -0.2) is 0 Å². The number of imide groups is 1. The number of carbonyl (C=O) groups is 2. The molecule has 0 saturated carbocycles. The van der Waals surface area contributed by atoms with Crippen LogP contribution in [0.5, 0.6) is 0 Å². The molecule has 1 aliphatic heterocycles. The fraction of sp³-hybridized carbons (Fsp3) is 0.120. The molecular weight excluding hydrogens is 590 g/mol. The summed E-state index contributed by atoms with van der Waals surface area (Å²) in [6.07, 6.45) is -2.27. The van der Waals surface area contributed by atoms with E-state index in [1.54, 1.807) is 42.5 Å². The molecule has 180 valence electrons. The van der Waals surface area contributed by atoms with E-state index in [2.05, 4.69) is 15.9 Å². The van der Waals surface area contributed by atoms with E-state index in [1.807, 2.05) is 0 Å². The van der Waals surface area contributed by atoms with Crippen molar-refractivity contribution in [1.82, 2.24) is 4.90 Å². The van der Waals surface area contributed by atoms with Crippen molar-refractivity contribution in [2.24, 2.45) is 0 Å². The molecule has 0 N–H and O–H groups in total. The summed E-state index contributed by atoms with van der Waals surface area (Å²) in [6.45, 7) is 0.0177. The third-order valence-electron chi connectivity index (χ3n) is 5.48. The van der Waals surface area contributed by atoms with Crippen LogP contribution in [0, 0.1) is 0 Å². The number of hydrogen-bond acceptors (Lipinski definition) is 2. The Bertz CT molecular complexity index is 1320. The predicted octanol–water partition coefficient (Wildman–Crippen LogP) is 8.56. The van der Waals surface area contributed by atoms with Gasteiger partial charge in [-0.2, -0.15) is 13.2 Å². The molecule has 35 heavy (non-hydrogen) atoms. The average Bonchev–Trinajstić information content (AvgIpc) is 3.03. The molecule has 0 radical (unpaired) electrons. The average molecular weight is 604 g/mol. The molecule has 0 saturated heterocycles. The highest BCUT2D eigenvalue weighted by atomic mass is 79.9. The molecule has 0 spiro atoms. The topological polar surface area (TPSA) is 37.4 Å². The van der Waals surface area contributed by atoms with Crippen LogP contribution >= 0.6 is 50.7 Å². The van der Waals surface area contributed by atoms with Gasteiger partial charge in [0.25, 0.3) is 11.8 Å². The van der Waals surface area contributed by atoms with Gasteiger partial charge in [-0.3, -0.25) is 14.5 Å². The van der Waals surface area contributed by atoms with Gasteiger partial charge in [-0.05, 0) is 47.0 Å². The second kappa shape index (κ2) is 9.97. The lowest BCUT2D eigenvalue weighted by molar-refractivity contribution is -0.139. The first-order chi connectivity index (χ1) is 16.5. The van der Waals surface area contributed by atoms with E-state index < -0.39 is 23.9 Å². The Labute approximate surface area is 222 Å². The fourth-order valence-corrected chi connectivity index (χ4v) is 4.85. The van der Waals surface area contributed by atoms with E-state index in [9.17, 15) is 22.8 Å². The first-order valence-corrected chi connectivity index (χ1v) is 12.0. The van der Waals surface area contributed by atoms with Crippen molar-refractivity contribution in [2.45, 2.75) is 18.6 Å². The van der Waals surface area contributed by atoms with Crippen LogP contribution < -0.4 is 0 Å². The van der Waals surface area contributed by atoms with Crippen molar-refractivity contribution in [3.05, 3.63) is 108 Å². The molecule has 0 aliphatic carbocycles. The van der Waals surface area contributed by atoms with Crippen LogP contribution in [0.3, 0.4) is 0 Å². The molecule has 0 fully saturated rings. The van der Waals surface area contributed by atoms with Gasteiger partial charge in [0.05, 0.1) is 38.7 Å². The number of nitrogens with zero attached hydrogens (tertiary/aromatic N) is 1. The maximum absolute atomic E-state index is 13.8. The van der Waals surface area contributed by atoms with Crippen molar-refractivity contribution in [1.29, 1.82) is 0 Å². The SMILES string of the molecule is O=C1c2ccccc2C(=O)N1Cc1ccc(/C=C/C(c2cc(Cl)c(Cl)c(Cl)c2)C(F)(F)F)cc1Br. The molecule has 3 nitrogen and oxygen atoms in total. The van der Waals surface area contributed by atoms with Crippen molar-refractivity contribution in [3.8, 4) is 0 Å². The Hall–Kier alpha value is -2.32. The molecule has 0 bridgehead atoms. The van der Waals surface area contributed by atoms with E-state index in [-0.39, 0.29) is 27.2 Å². The summed E-state index contributed by atoms with van der Waals surface area (Å²) >= 11 is 21.1. The third kappa shape index (κ3) is 5.28. The van der Waals surface area contributed by atoms with Crippen LogP contribution in [0.1, 0.15) is 43.3 Å². The van der Waals surface area contributed by atoms with E-state index in [0.29, 0.717) is 26.7 Å². The van der Waals surface area contributed by atoms with E-state index in [0.717, 1.165) is 23.1 Å². The molecule has 1 unspecified atom stereocenters. The summed E-state index contributed by atoms with van der Waals surface area (Å²) in [6, 6.07) is 13.7. The van der Waals surface area contributed by atoms with Gasteiger partial charge in [0.2, 0.25) is 0 Å².